The summed E-state index contributed by atoms with van der Waals surface area (Å²) >= 11 is 0. The van der Waals surface area contributed by atoms with Crippen LogP contribution in [0.5, 0.6) is 0 Å². The Hall–Kier alpha value is -2.37. The summed E-state index contributed by atoms with van der Waals surface area (Å²) in [6, 6.07) is 10.2. The zero-order valence-corrected chi connectivity index (χ0v) is 15.8. The molecule has 144 valence electrons. The van der Waals surface area contributed by atoms with Gasteiger partial charge in [0.15, 0.2) is 0 Å². The van der Waals surface area contributed by atoms with Crippen molar-refractivity contribution in [1.82, 2.24) is 14.7 Å². The number of benzene rings is 1. The van der Waals surface area contributed by atoms with Crippen molar-refractivity contribution >= 4 is 17.7 Å². The number of rotatable bonds is 3. The summed E-state index contributed by atoms with van der Waals surface area (Å²) in [6.07, 6.45) is 2.47. The van der Waals surface area contributed by atoms with Crippen LogP contribution in [0.3, 0.4) is 0 Å². The monoisotopic (exact) mass is 369 g/mol. The molecule has 1 aromatic rings. The molecule has 0 aromatic heterocycles. The maximum absolute atomic E-state index is 12.8. The van der Waals surface area contributed by atoms with Gasteiger partial charge in [-0.05, 0) is 18.4 Å². The van der Waals surface area contributed by atoms with Gasteiger partial charge < -0.3 is 14.7 Å². The number of piperidine rings is 1. The van der Waals surface area contributed by atoms with Crippen molar-refractivity contribution < 1.29 is 14.4 Å². The van der Waals surface area contributed by atoms with Crippen LogP contribution in [-0.4, -0.2) is 65.1 Å². The lowest BCUT2D eigenvalue weighted by Crippen LogP contribution is -2.45. The Morgan fingerprint density at radius 3 is 2.56 bits per heavy atom. The van der Waals surface area contributed by atoms with Crippen molar-refractivity contribution in [2.24, 2.45) is 11.8 Å². The number of fused-ring (bicyclic) bond motifs is 1. The third-order valence-corrected chi connectivity index (χ3v) is 6.31. The van der Waals surface area contributed by atoms with Gasteiger partial charge in [-0.2, -0.15) is 0 Å². The normalized spacial score (nSPS) is 27.8. The molecule has 3 heterocycles. The Kier molecular flexibility index (Phi) is 4.89. The molecule has 0 aliphatic carbocycles. The second kappa shape index (κ2) is 7.33. The average Bonchev–Trinajstić information content (AvgIpc) is 3.22. The quantitative estimate of drug-likeness (QED) is 0.814. The molecule has 0 unspecified atom stereocenters. The minimum atomic E-state index is 0.0307. The van der Waals surface area contributed by atoms with Crippen LogP contribution in [0.1, 0.15) is 37.8 Å². The third-order valence-electron chi connectivity index (χ3n) is 6.31. The van der Waals surface area contributed by atoms with Gasteiger partial charge in [0.25, 0.3) is 0 Å². The second-order valence-electron chi connectivity index (χ2n) is 8.02. The molecule has 3 saturated heterocycles. The van der Waals surface area contributed by atoms with E-state index in [0.29, 0.717) is 38.5 Å². The second-order valence-corrected chi connectivity index (χ2v) is 8.02. The predicted octanol–water partition coefficient (Wildman–Crippen LogP) is 1.68. The van der Waals surface area contributed by atoms with Crippen molar-refractivity contribution in [2.45, 2.75) is 32.2 Å². The van der Waals surface area contributed by atoms with E-state index in [1.54, 1.807) is 11.8 Å². The lowest BCUT2D eigenvalue weighted by Gasteiger charge is -2.31. The summed E-state index contributed by atoms with van der Waals surface area (Å²) in [5.74, 6) is 0.798. The first kappa shape index (κ1) is 18.0. The number of amides is 3. The number of carbonyl (C=O) groups excluding carboxylic acids is 3. The van der Waals surface area contributed by atoms with Crippen LogP contribution in [0.25, 0.3) is 0 Å². The zero-order chi connectivity index (χ0) is 19.0. The molecule has 4 rings (SSSR count). The standard InChI is InChI=1S/C21H27N3O3/c1-15(25)24-12-17-11-23(20(27)14-22-10-6-5-9-19(22)26)13-18(17)21(24)16-7-3-2-4-8-16/h2-4,7-8,17-18,21H,5-6,9-14H2,1H3/t17-,18-,21-/m1/s1. The molecule has 0 spiro atoms. The molecule has 1 aromatic carbocycles. The summed E-state index contributed by atoms with van der Waals surface area (Å²) in [6.45, 7) is 4.56. The molecule has 3 atom stereocenters. The van der Waals surface area contributed by atoms with E-state index in [2.05, 4.69) is 12.1 Å². The zero-order valence-electron chi connectivity index (χ0n) is 15.8. The van der Waals surface area contributed by atoms with Crippen molar-refractivity contribution in [2.75, 3.05) is 32.7 Å². The molecule has 0 radical (unpaired) electrons. The predicted molar refractivity (Wildman–Crippen MR) is 101 cm³/mol. The maximum atomic E-state index is 12.8. The van der Waals surface area contributed by atoms with E-state index in [1.165, 1.54) is 0 Å². The summed E-state index contributed by atoms with van der Waals surface area (Å²) < 4.78 is 0. The third kappa shape index (κ3) is 3.45. The maximum Gasteiger partial charge on any atom is 0.242 e. The van der Waals surface area contributed by atoms with Crippen LogP contribution in [0.15, 0.2) is 30.3 Å². The summed E-state index contributed by atoms with van der Waals surface area (Å²) in [5, 5.41) is 0. The minimum Gasteiger partial charge on any atom is -0.340 e. The fourth-order valence-corrected chi connectivity index (χ4v) is 4.94. The Bertz CT molecular complexity index is 735. The number of carbonyl (C=O) groups is 3. The number of hydrogen-bond acceptors (Lipinski definition) is 3. The molecule has 0 saturated carbocycles. The Labute approximate surface area is 160 Å². The van der Waals surface area contributed by atoms with Crippen LogP contribution >= 0.6 is 0 Å². The van der Waals surface area contributed by atoms with Crippen molar-refractivity contribution in [3.8, 4) is 0 Å². The van der Waals surface area contributed by atoms with Gasteiger partial charge in [-0.25, -0.2) is 0 Å². The molecule has 3 fully saturated rings. The van der Waals surface area contributed by atoms with E-state index in [0.717, 1.165) is 18.4 Å². The molecule has 6 heteroatoms. The number of nitrogens with zero attached hydrogens (tertiary/aromatic N) is 3. The molecular formula is C21H27N3O3. The van der Waals surface area contributed by atoms with Crippen LogP contribution in [0.2, 0.25) is 0 Å². The lowest BCUT2D eigenvalue weighted by molar-refractivity contribution is -0.141. The fraction of sp³-hybridized carbons (Fsp3) is 0.571. The molecule has 27 heavy (non-hydrogen) atoms. The van der Waals surface area contributed by atoms with Crippen LogP contribution in [-0.2, 0) is 14.4 Å². The summed E-state index contributed by atoms with van der Waals surface area (Å²) in [5.41, 5.74) is 1.14. The van der Waals surface area contributed by atoms with E-state index in [-0.39, 0.29) is 36.2 Å². The first-order valence-corrected chi connectivity index (χ1v) is 9.92. The molecular weight excluding hydrogens is 342 g/mol. The van der Waals surface area contributed by atoms with Gasteiger partial charge in [-0.15, -0.1) is 0 Å². The van der Waals surface area contributed by atoms with Gasteiger partial charge in [0.2, 0.25) is 17.7 Å². The summed E-state index contributed by atoms with van der Waals surface area (Å²) in [4.78, 5) is 42.6. The highest BCUT2D eigenvalue weighted by Gasteiger charge is 2.49. The van der Waals surface area contributed by atoms with Crippen molar-refractivity contribution in [3.05, 3.63) is 35.9 Å². The molecule has 3 aliphatic heterocycles. The van der Waals surface area contributed by atoms with Gasteiger partial charge in [-0.3, -0.25) is 14.4 Å². The first-order valence-electron chi connectivity index (χ1n) is 9.92. The highest BCUT2D eigenvalue weighted by atomic mass is 16.2. The largest absolute Gasteiger partial charge is 0.340 e. The van der Waals surface area contributed by atoms with E-state index >= 15 is 0 Å². The van der Waals surface area contributed by atoms with Gasteiger partial charge in [0, 0.05) is 51.4 Å². The number of hydrogen-bond donors (Lipinski definition) is 0. The Morgan fingerprint density at radius 2 is 1.85 bits per heavy atom. The van der Waals surface area contributed by atoms with Gasteiger partial charge in [0.05, 0.1) is 12.6 Å². The fourth-order valence-electron chi connectivity index (χ4n) is 4.94. The van der Waals surface area contributed by atoms with E-state index < -0.39 is 0 Å². The molecule has 0 bridgehead atoms. The van der Waals surface area contributed by atoms with Gasteiger partial charge >= 0.3 is 0 Å². The van der Waals surface area contributed by atoms with Crippen LogP contribution in [0.4, 0.5) is 0 Å². The molecule has 0 N–H and O–H groups in total. The Morgan fingerprint density at radius 1 is 1.07 bits per heavy atom. The van der Waals surface area contributed by atoms with Crippen molar-refractivity contribution in [1.29, 1.82) is 0 Å². The van der Waals surface area contributed by atoms with E-state index in [4.69, 9.17) is 0 Å². The molecule has 6 nitrogen and oxygen atoms in total. The van der Waals surface area contributed by atoms with Crippen molar-refractivity contribution in [3.63, 3.8) is 0 Å². The molecule has 3 amide bonds. The first-order chi connectivity index (χ1) is 13.0. The topological polar surface area (TPSA) is 60.9 Å². The lowest BCUT2D eigenvalue weighted by atomic mass is 9.89. The van der Waals surface area contributed by atoms with E-state index in [9.17, 15) is 14.4 Å². The highest BCUT2D eigenvalue weighted by Crippen LogP contribution is 2.44. The van der Waals surface area contributed by atoms with E-state index in [1.807, 2.05) is 28.0 Å². The van der Waals surface area contributed by atoms with Crippen LogP contribution in [0, 0.1) is 11.8 Å². The molecule has 3 aliphatic rings. The highest BCUT2D eigenvalue weighted by molar-refractivity contribution is 5.85. The smallest absolute Gasteiger partial charge is 0.242 e. The SMILES string of the molecule is CC(=O)N1C[C@H]2CN(C(=O)CN3CCCCC3=O)C[C@H]2[C@H]1c1ccccc1. The van der Waals surface area contributed by atoms with Gasteiger partial charge in [-0.1, -0.05) is 30.3 Å². The Balaban J connectivity index is 1.47. The summed E-state index contributed by atoms with van der Waals surface area (Å²) in [7, 11) is 0. The van der Waals surface area contributed by atoms with Gasteiger partial charge in [0.1, 0.15) is 0 Å². The minimum absolute atomic E-state index is 0.0307. The van der Waals surface area contributed by atoms with Crippen LogP contribution < -0.4 is 0 Å². The average molecular weight is 369 g/mol. The number of likely N-dealkylation sites (tertiary alicyclic amines) is 3.